The lowest BCUT2D eigenvalue weighted by Crippen LogP contribution is -2.41. The number of nitrogens with one attached hydrogen (secondary N) is 1. The molecule has 3 heterocycles. The van der Waals surface area contributed by atoms with Crippen LogP contribution in [-0.4, -0.2) is 58.3 Å². The summed E-state index contributed by atoms with van der Waals surface area (Å²) < 4.78 is 5.12. The van der Waals surface area contributed by atoms with Crippen molar-refractivity contribution < 1.29 is 19.7 Å². The Labute approximate surface area is 187 Å². The van der Waals surface area contributed by atoms with Crippen molar-refractivity contribution in [2.45, 2.75) is 44.6 Å². The first-order valence-electron chi connectivity index (χ1n) is 10.9. The van der Waals surface area contributed by atoms with E-state index in [0.717, 1.165) is 36.1 Å². The van der Waals surface area contributed by atoms with E-state index in [4.69, 9.17) is 10.00 Å². The van der Waals surface area contributed by atoms with Gasteiger partial charge in [0, 0.05) is 37.4 Å². The maximum atomic E-state index is 11.8. The molecule has 2 aliphatic rings. The lowest BCUT2D eigenvalue weighted by atomic mass is 9.95. The molecule has 3 N–H and O–H groups in total. The monoisotopic (exact) mass is 436 g/mol. The summed E-state index contributed by atoms with van der Waals surface area (Å²) in [5, 5.41) is 33.4. The van der Waals surface area contributed by atoms with Gasteiger partial charge in [0.2, 0.25) is 0 Å². The second-order valence-electron chi connectivity index (χ2n) is 8.45. The van der Waals surface area contributed by atoms with Gasteiger partial charge in [0.15, 0.2) is 0 Å². The van der Waals surface area contributed by atoms with Crippen LogP contribution in [0.3, 0.4) is 0 Å². The molecule has 1 fully saturated rings. The van der Waals surface area contributed by atoms with E-state index in [1.165, 1.54) is 6.20 Å². The first kappa shape index (κ1) is 22.4. The highest BCUT2D eigenvalue weighted by Gasteiger charge is 2.29. The first-order valence-corrected chi connectivity index (χ1v) is 10.9. The lowest BCUT2D eigenvalue weighted by molar-refractivity contribution is 0.0535. The Balaban J connectivity index is 1.31. The number of ether oxygens (including phenoxy) is 1. The molecule has 4 rings (SSSR count). The van der Waals surface area contributed by atoms with Gasteiger partial charge in [0.25, 0.3) is 0 Å². The number of aromatic nitrogens is 1. The van der Waals surface area contributed by atoms with Gasteiger partial charge in [-0.3, -0.25) is 9.88 Å². The number of nitrogens with zero attached hydrogens (tertiary/aromatic N) is 3. The van der Waals surface area contributed by atoms with E-state index in [1.54, 1.807) is 18.2 Å². The van der Waals surface area contributed by atoms with Crippen molar-refractivity contribution in [2.24, 2.45) is 0 Å². The van der Waals surface area contributed by atoms with E-state index in [0.29, 0.717) is 36.5 Å². The summed E-state index contributed by atoms with van der Waals surface area (Å²) in [7, 11) is 0. The number of pyridine rings is 1. The van der Waals surface area contributed by atoms with E-state index in [9.17, 15) is 15.0 Å². The van der Waals surface area contributed by atoms with Gasteiger partial charge in [0.1, 0.15) is 18.8 Å². The van der Waals surface area contributed by atoms with Crippen LogP contribution in [0.4, 0.5) is 0 Å². The number of carbonyl (C=O) groups excluding carboxylic acids is 1. The molecule has 0 spiro atoms. The number of aliphatic hydroxyl groups is 2. The summed E-state index contributed by atoms with van der Waals surface area (Å²) in [6, 6.07) is 9.18. The van der Waals surface area contributed by atoms with Crippen molar-refractivity contribution in [3.63, 3.8) is 0 Å². The normalized spacial score (nSPS) is 19.9. The molecule has 1 aromatic carbocycles. The van der Waals surface area contributed by atoms with E-state index in [2.05, 4.69) is 15.2 Å². The largest absolute Gasteiger partial charge is 0.457 e. The number of likely N-dealkylation sites (tertiary alicyclic amines) is 1. The van der Waals surface area contributed by atoms with E-state index < -0.39 is 12.2 Å². The molecule has 2 aliphatic heterocycles. The van der Waals surface area contributed by atoms with Gasteiger partial charge in [-0.1, -0.05) is 6.07 Å². The Morgan fingerprint density at radius 2 is 2.16 bits per heavy atom. The molecule has 3 atom stereocenters. The number of fused-ring (bicyclic) bond motifs is 1. The number of carbonyl (C=O) groups is 1. The SMILES string of the molecule is Cc1c(C(O)CN2CCCC2CNCC(O)c2ccc(C#N)cn2)ccc2c1COC2=O. The fraction of sp³-hybridized carbons (Fsp3) is 0.458. The number of rotatable bonds is 8. The number of hydrogen-bond acceptors (Lipinski definition) is 8. The van der Waals surface area contributed by atoms with Crippen molar-refractivity contribution in [1.29, 1.82) is 5.26 Å². The number of aliphatic hydroxyl groups excluding tert-OH is 2. The van der Waals surface area contributed by atoms with Gasteiger partial charge in [0.05, 0.1) is 22.9 Å². The van der Waals surface area contributed by atoms with Crippen LogP contribution >= 0.6 is 0 Å². The number of nitriles is 1. The van der Waals surface area contributed by atoms with Crippen LogP contribution in [0.1, 0.15) is 63.4 Å². The Morgan fingerprint density at radius 1 is 1.31 bits per heavy atom. The number of hydrogen-bond donors (Lipinski definition) is 3. The summed E-state index contributed by atoms with van der Waals surface area (Å²) in [6.07, 6.45) is 2.15. The molecule has 168 valence electrons. The smallest absolute Gasteiger partial charge is 0.338 e. The average Bonchev–Trinajstić information content (AvgIpc) is 3.40. The number of esters is 1. The fourth-order valence-electron chi connectivity index (χ4n) is 4.58. The topological polar surface area (TPSA) is 119 Å². The second-order valence-corrected chi connectivity index (χ2v) is 8.45. The standard InChI is InChI=1S/C24H28N4O4/c1-15-18(5-6-19-20(15)14-32-24(19)31)23(30)13-28-8-2-3-17(28)11-26-12-22(29)21-7-4-16(9-25)10-27-21/h4-7,10,17,22-23,26,29-30H,2-3,8,11-14H2,1H3. The zero-order chi connectivity index (χ0) is 22.7. The number of cyclic esters (lactones) is 1. The second kappa shape index (κ2) is 9.76. The van der Waals surface area contributed by atoms with E-state index in [1.807, 2.05) is 19.1 Å². The molecule has 8 nitrogen and oxygen atoms in total. The van der Waals surface area contributed by atoms with Crippen molar-refractivity contribution in [3.8, 4) is 6.07 Å². The maximum absolute atomic E-state index is 11.8. The first-order chi connectivity index (χ1) is 15.5. The molecule has 1 saturated heterocycles. The highest BCUT2D eigenvalue weighted by atomic mass is 16.5. The lowest BCUT2D eigenvalue weighted by Gasteiger charge is -2.28. The molecule has 2 aromatic rings. The highest BCUT2D eigenvalue weighted by molar-refractivity contribution is 5.93. The molecule has 3 unspecified atom stereocenters. The summed E-state index contributed by atoms with van der Waals surface area (Å²) in [4.78, 5) is 18.2. The molecule has 1 aromatic heterocycles. The van der Waals surface area contributed by atoms with Crippen LogP contribution in [0.5, 0.6) is 0 Å². The third-order valence-electron chi connectivity index (χ3n) is 6.45. The Hall–Kier alpha value is -2.83. The van der Waals surface area contributed by atoms with Crippen molar-refractivity contribution >= 4 is 5.97 Å². The predicted octanol–water partition coefficient (Wildman–Crippen LogP) is 1.75. The number of benzene rings is 1. The minimum Gasteiger partial charge on any atom is -0.457 e. The van der Waals surface area contributed by atoms with Crippen LogP contribution in [0.25, 0.3) is 0 Å². The predicted molar refractivity (Wildman–Crippen MR) is 117 cm³/mol. The van der Waals surface area contributed by atoms with Gasteiger partial charge in [-0.2, -0.15) is 5.26 Å². The average molecular weight is 437 g/mol. The van der Waals surface area contributed by atoms with Crippen LogP contribution in [0, 0.1) is 18.3 Å². The van der Waals surface area contributed by atoms with Gasteiger partial charge >= 0.3 is 5.97 Å². The van der Waals surface area contributed by atoms with Crippen LogP contribution < -0.4 is 5.32 Å². The molecule has 0 aliphatic carbocycles. The van der Waals surface area contributed by atoms with E-state index in [-0.39, 0.29) is 18.6 Å². The summed E-state index contributed by atoms with van der Waals surface area (Å²) in [6.45, 7) is 4.69. The molecular formula is C24H28N4O4. The molecule has 0 radical (unpaired) electrons. The zero-order valence-electron chi connectivity index (χ0n) is 18.1. The van der Waals surface area contributed by atoms with Crippen molar-refractivity contribution in [3.05, 3.63) is 64.0 Å². The number of β-amino-alcohol motifs (C(OH)–C–C–N with tert-alkyl or cyclic N) is 1. The molecule has 0 bridgehead atoms. The Morgan fingerprint density at radius 3 is 2.91 bits per heavy atom. The highest BCUT2D eigenvalue weighted by Crippen LogP contribution is 2.30. The van der Waals surface area contributed by atoms with Gasteiger partial charge < -0.3 is 20.3 Å². The van der Waals surface area contributed by atoms with Gasteiger partial charge in [-0.25, -0.2) is 4.79 Å². The van der Waals surface area contributed by atoms with E-state index >= 15 is 0 Å². The summed E-state index contributed by atoms with van der Waals surface area (Å²) in [5.41, 5.74) is 4.22. The summed E-state index contributed by atoms with van der Waals surface area (Å²) in [5.74, 6) is -0.298. The van der Waals surface area contributed by atoms with Gasteiger partial charge in [-0.15, -0.1) is 0 Å². The third kappa shape index (κ3) is 4.66. The van der Waals surface area contributed by atoms with Gasteiger partial charge in [-0.05, 0) is 55.6 Å². The molecule has 32 heavy (non-hydrogen) atoms. The quantitative estimate of drug-likeness (QED) is 0.536. The zero-order valence-corrected chi connectivity index (χ0v) is 18.1. The van der Waals surface area contributed by atoms with Crippen LogP contribution in [-0.2, 0) is 11.3 Å². The minimum atomic E-state index is -0.748. The third-order valence-corrected chi connectivity index (χ3v) is 6.45. The fourth-order valence-corrected chi connectivity index (χ4v) is 4.58. The molecule has 0 amide bonds. The van der Waals surface area contributed by atoms with Crippen molar-refractivity contribution in [2.75, 3.05) is 26.2 Å². The molecule has 0 saturated carbocycles. The maximum Gasteiger partial charge on any atom is 0.338 e. The van der Waals surface area contributed by atoms with Crippen LogP contribution in [0.2, 0.25) is 0 Å². The Kier molecular flexibility index (Phi) is 6.82. The van der Waals surface area contributed by atoms with Crippen LogP contribution in [0.15, 0.2) is 30.5 Å². The minimum absolute atomic E-state index is 0.269. The molecule has 8 heteroatoms. The van der Waals surface area contributed by atoms with Crippen molar-refractivity contribution in [1.82, 2.24) is 15.2 Å². The molecular weight excluding hydrogens is 408 g/mol. The summed E-state index contributed by atoms with van der Waals surface area (Å²) >= 11 is 0. The Bertz CT molecular complexity index is 1020.